The number of amides is 3. The van der Waals surface area contributed by atoms with E-state index in [4.69, 9.17) is 0 Å². The van der Waals surface area contributed by atoms with Crippen LogP contribution < -0.4 is 0 Å². The Morgan fingerprint density at radius 3 is 2.59 bits per heavy atom. The quantitative estimate of drug-likeness (QED) is 0.708. The minimum Gasteiger partial charge on any atom is -0.339 e. The van der Waals surface area contributed by atoms with Crippen LogP contribution in [-0.4, -0.2) is 71.7 Å². The molecule has 6 heteroatoms. The standard InChI is InChI=1S/C21H33N3O3/c1-21(2,3)12-11-19(26)23-14-8-9-17(15-23)22(4)20(27)16-24-13-7-5-6-10-18(24)25/h17H,5-10,13-16H2,1-4H3. The predicted molar refractivity (Wildman–Crippen MR) is 105 cm³/mol. The molecule has 0 bridgehead atoms. The van der Waals surface area contributed by atoms with Crippen LogP contribution in [0.4, 0.5) is 0 Å². The maximum Gasteiger partial charge on any atom is 0.298 e. The van der Waals surface area contributed by atoms with Gasteiger partial charge in [-0.05, 0) is 52.4 Å². The van der Waals surface area contributed by atoms with Gasteiger partial charge in [-0.25, -0.2) is 0 Å². The molecular formula is C21H33N3O3. The zero-order chi connectivity index (χ0) is 20.0. The van der Waals surface area contributed by atoms with Crippen LogP contribution in [0, 0.1) is 17.3 Å². The van der Waals surface area contributed by atoms with Gasteiger partial charge in [-0.1, -0.05) is 12.3 Å². The molecule has 150 valence electrons. The van der Waals surface area contributed by atoms with Crippen LogP contribution >= 0.6 is 0 Å². The lowest BCUT2D eigenvalue weighted by atomic mass is 9.98. The van der Waals surface area contributed by atoms with E-state index in [1.165, 1.54) is 0 Å². The third-order valence-corrected chi connectivity index (χ3v) is 5.17. The fraction of sp³-hybridized carbons (Fsp3) is 0.762. The molecular weight excluding hydrogens is 342 g/mol. The molecule has 2 fully saturated rings. The maximum atomic E-state index is 12.7. The van der Waals surface area contributed by atoms with Crippen LogP contribution in [0.5, 0.6) is 0 Å². The fourth-order valence-corrected chi connectivity index (χ4v) is 3.46. The normalized spacial score (nSPS) is 21.2. The van der Waals surface area contributed by atoms with Gasteiger partial charge < -0.3 is 14.7 Å². The third kappa shape index (κ3) is 6.57. The van der Waals surface area contributed by atoms with Gasteiger partial charge in [0.05, 0.1) is 6.54 Å². The lowest BCUT2D eigenvalue weighted by molar-refractivity contribution is -0.142. The second kappa shape index (κ2) is 9.25. The molecule has 1 atom stereocenters. The topological polar surface area (TPSA) is 60.9 Å². The first-order valence-corrected chi connectivity index (χ1v) is 10.0. The molecule has 2 saturated heterocycles. The van der Waals surface area contributed by atoms with Gasteiger partial charge in [0.25, 0.3) is 5.91 Å². The Morgan fingerprint density at radius 1 is 1.15 bits per heavy atom. The van der Waals surface area contributed by atoms with Crippen LogP contribution in [0.3, 0.4) is 0 Å². The first kappa shape index (κ1) is 21.3. The number of piperidine rings is 1. The monoisotopic (exact) mass is 375 g/mol. The van der Waals surface area contributed by atoms with Crippen molar-refractivity contribution >= 4 is 17.7 Å². The Bertz CT molecular complexity index is 627. The lowest BCUT2D eigenvalue weighted by Gasteiger charge is -2.37. The van der Waals surface area contributed by atoms with Crippen molar-refractivity contribution in [3.63, 3.8) is 0 Å². The molecule has 2 aliphatic heterocycles. The molecule has 1 unspecified atom stereocenters. The summed E-state index contributed by atoms with van der Waals surface area (Å²) in [5, 5.41) is 0. The van der Waals surface area contributed by atoms with E-state index in [0.29, 0.717) is 26.1 Å². The molecule has 2 aliphatic rings. The molecule has 0 radical (unpaired) electrons. The Hall–Kier alpha value is -2.03. The fourth-order valence-electron chi connectivity index (χ4n) is 3.46. The number of nitrogens with zero attached hydrogens (tertiary/aromatic N) is 3. The largest absolute Gasteiger partial charge is 0.339 e. The summed E-state index contributed by atoms with van der Waals surface area (Å²) in [4.78, 5) is 42.4. The van der Waals surface area contributed by atoms with Gasteiger partial charge >= 0.3 is 0 Å². The number of rotatable bonds is 3. The molecule has 0 saturated carbocycles. The van der Waals surface area contributed by atoms with Gasteiger partial charge in [-0.3, -0.25) is 14.4 Å². The summed E-state index contributed by atoms with van der Waals surface area (Å²) in [5.74, 6) is 5.58. The summed E-state index contributed by atoms with van der Waals surface area (Å²) in [7, 11) is 1.78. The van der Waals surface area contributed by atoms with E-state index in [1.54, 1.807) is 21.7 Å². The zero-order valence-corrected chi connectivity index (χ0v) is 17.2. The molecule has 0 aromatic heterocycles. The third-order valence-electron chi connectivity index (χ3n) is 5.17. The van der Waals surface area contributed by atoms with Crippen molar-refractivity contribution in [3.05, 3.63) is 0 Å². The Labute approximate surface area is 163 Å². The summed E-state index contributed by atoms with van der Waals surface area (Å²) in [5.41, 5.74) is -0.211. The summed E-state index contributed by atoms with van der Waals surface area (Å²) < 4.78 is 0. The SMILES string of the molecule is CN(C(=O)CN1CCCCCC1=O)C1CCCN(C(=O)C#CC(C)(C)C)C1. The number of likely N-dealkylation sites (tertiary alicyclic amines) is 2. The molecule has 0 N–H and O–H groups in total. The summed E-state index contributed by atoms with van der Waals surface area (Å²) >= 11 is 0. The Morgan fingerprint density at radius 2 is 1.89 bits per heavy atom. The van der Waals surface area contributed by atoms with Crippen molar-refractivity contribution in [3.8, 4) is 11.8 Å². The first-order chi connectivity index (χ1) is 12.7. The minimum atomic E-state index is -0.211. The highest BCUT2D eigenvalue weighted by molar-refractivity contribution is 5.93. The number of hydrogen-bond acceptors (Lipinski definition) is 3. The molecule has 0 spiro atoms. The van der Waals surface area contributed by atoms with Crippen molar-refractivity contribution in [2.75, 3.05) is 33.2 Å². The van der Waals surface area contributed by atoms with E-state index in [9.17, 15) is 14.4 Å². The van der Waals surface area contributed by atoms with Crippen molar-refractivity contribution < 1.29 is 14.4 Å². The van der Waals surface area contributed by atoms with E-state index < -0.39 is 0 Å². The van der Waals surface area contributed by atoms with Crippen molar-refractivity contribution in [2.24, 2.45) is 5.41 Å². The highest BCUT2D eigenvalue weighted by atomic mass is 16.2. The van der Waals surface area contributed by atoms with E-state index >= 15 is 0 Å². The van der Waals surface area contributed by atoms with Gasteiger partial charge in [0.15, 0.2) is 0 Å². The molecule has 0 aliphatic carbocycles. The second-order valence-corrected chi connectivity index (χ2v) is 8.68. The van der Waals surface area contributed by atoms with E-state index in [-0.39, 0.29) is 35.7 Å². The number of likely N-dealkylation sites (N-methyl/N-ethyl adjacent to an activating group) is 1. The average molecular weight is 376 g/mol. The van der Waals surface area contributed by atoms with Crippen molar-refractivity contribution in [1.29, 1.82) is 0 Å². The summed E-state index contributed by atoms with van der Waals surface area (Å²) in [6, 6.07) is -0.0197. The van der Waals surface area contributed by atoms with E-state index in [2.05, 4.69) is 11.8 Å². The van der Waals surface area contributed by atoms with Crippen LogP contribution in [-0.2, 0) is 14.4 Å². The highest BCUT2D eigenvalue weighted by Crippen LogP contribution is 2.17. The molecule has 6 nitrogen and oxygen atoms in total. The van der Waals surface area contributed by atoms with Crippen molar-refractivity contribution in [2.45, 2.75) is 65.3 Å². The van der Waals surface area contributed by atoms with Gasteiger partial charge in [0, 0.05) is 44.6 Å². The number of hydrogen-bond donors (Lipinski definition) is 0. The van der Waals surface area contributed by atoms with Crippen LogP contribution in [0.15, 0.2) is 0 Å². The van der Waals surface area contributed by atoms with Crippen LogP contribution in [0.2, 0.25) is 0 Å². The van der Waals surface area contributed by atoms with Crippen LogP contribution in [0.25, 0.3) is 0 Å². The smallest absolute Gasteiger partial charge is 0.298 e. The molecule has 2 rings (SSSR count). The second-order valence-electron chi connectivity index (χ2n) is 8.68. The lowest BCUT2D eigenvalue weighted by Crippen LogP contribution is -2.52. The highest BCUT2D eigenvalue weighted by Gasteiger charge is 2.29. The number of carbonyl (C=O) groups is 3. The number of carbonyl (C=O) groups excluding carboxylic acids is 3. The Balaban J connectivity index is 1.93. The molecule has 0 aromatic rings. The maximum absolute atomic E-state index is 12.7. The minimum absolute atomic E-state index is 0.0197. The van der Waals surface area contributed by atoms with Gasteiger partial charge in [-0.2, -0.15) is 0 Å². The molecule has 0 aromatic carbocycles. The predicted octanol–water partition coefficient (Wildman–Crippen LogP) is 1.89. The molecule has 3 amide bonds. The summed E-state index contributed by atoms with van der Waals surface area (Å²) in [6.07, 6.45) is 5.17. The Kier molecular flexibility index (Phi) is 7.29. The van der Waals surface area contributed by atoms with Gasteiger partial charge in [0.2, 0.25) is 11.8 Å². The average Bonchev–Trinajstić information content (AvgIpc) is 2.83. The zero-order valence-electron chi connectivity index (χ0n) is 17.2. The van der Waals surface area contributed by atoms with Gasteiger partial charge in [-0.15, -0.1) is 0 Å². The first-order valence-electron chi connectivity index (χ1n) is 10.0. The van der Waals surface area contributed by atoms with E-state index in [0.717, 1.165) is 32.1 Å². The van der Waals surface area contributed by atoms with Crippen LogP contribution in [0.1, 0.15) is 59.3 Å². The molecule has 2 heterocycles. The molecule has 27 heavy (non-hydrogen) atoms. The van der Waals surface area contributed by atoms with Crippen molar-refractivity contribution in [1.82, 2.24) is 14.7 Å². The van der Waals surface area contributed by atoms with E-state index in [1.807, 2.05) is 20.8 Å². The van der Waals surface area contributed by atoms with Gasteiger partial charge in [0.1, 0.15) is 0 Å². The summed E-state index contributed by atoms with van der Waals surface area (Å²) in [6.45, 7) is 7.92.